The van der Waals surface area contributed by atoms with E-state index in [2.05, 4.69) is 11.3 Å². The van der Waals surface area contributed by atoms with Crippen LogP contribution in [0.15, 0.2) is 40.8 Å². The number of benzene rings is 1. The first kappa shape index (κ1) is 13.9. The van der Waals surface area contributed by atoms with Gasteiger partial charge < -0.3 is 0 Å². The van der Waals surface area contributed by atoms with Crippen molar-refractivity contribution in [2.45, 2.75) is 11.8 Å². The second kappa shape index (κ2) is 5.44. The molecular formula is C11H12ClNO3S. The highest BCUT2D eigenvalue weighted by Crippen LogP contribution is 2.12. The molecule has 92 valence electrons. The van der Waals surface area contributed by atoms with Crippen LogP contribution in [0.4, 0.5) is 0 Å². The predicted molar refractivity (Wildman–Crippen MR) is 66.6 cm³/mol. The van der Waals surface area contributed by atoms with Crippen LogP contribution in [-0.2, 0) is 10.0 Å². The van der Waals surface area contributed by atoms with Gasteiger partial charge in [0.1, 0.15) is 0 Å². The van der Waals surface area contributed by atoms with Crippen molar-refractivity contribution in [1.29, 1.82) is 0 Å². The topological polar surface area (TPSA) is 63.2 Å². The van der Waals surface area contributed by atoms with Crippen LogP contribution in [0.1, 0.15) is 17.3 Å². The van der Waals surface area contributed by atoms with Crippen molar-refractivity contribution in [2.24, 2.45) is 0 Å². The molecule has 0 spiro atoms. The Hall–Kier alpha value is -1.17. The maximum absolute atomic E-state index is 11.8. The van der Waals surface area contributed by atoms with Crippen molar-refractivity contribution in [3.8, 4) is 0 Å². The minimum Gasteiger partial charge on any atom is -0.295 e. The minimum atomic E-state index is -3.66. The Morgan fingerprint density at radius 1 is 1.47 bits per heavy atom. The van der Waals surface area contributed by atoms with Crippen LogP contribution in [0.2, 0.25) is 0 Å². The first-order valence-electron chi connectivity index (χ1n) is 4.77. The van der Waals surface area contributed by atoms with Gasteiger partial charge in [0.25, 0.3) is 0 Å². The summed E-state index contributed by atoms with van der Waals surface area (Å²) in [6, 6.07) is 5.80. The van der Waals surface area contributed by atoms with Crippen molar-refractivity contribution < 1.29 is 13.2 Å². The predicted octanol–water partition coefficient (Wildman–Crippen LogP) is 1.92. The number of sulfonamides is 1. The molecule has 1 N–H and O–H groups in total. The third-order valence-electron chi connectivity index (χ3n) is 2.00. The van der Waals surface area contributed by atoms with Gasteiger partial charge in [-0.05, 0) is 19.1 Å². The molecule has 0 aliphatic rings. The Labute approximate surface area is 105 Å². The fourth-order valence-electron chi connectivity index (χ4n) is 1.14. The Morgan fingerprint density at radius 2 is 2.12 bits per heavy atom. The summed E-state index contributed by atoms with van der Waals surface area (Å²) in [7, 11) is -3.66. The molecule has 0 saturated carbocycles. The van der Waals surface area contributed by atoms with Gasteiger partial charge in [-0.3, -0.25) is 4.79 Å². The van der Waals surface area contributed by atoms with Crippen molar-refractivity contribution in [3.05, 3.63) is 41.4 Å². The summed E-state index contributed by atoms with van der Waals surface area (Å²) in [5, 5.41) is 0.191. The van der Waals surface area contributed by atoms with Crippen LogP contribution in [0, 0.1) is 0 Å². The van der Waals surface area contributed by atoms with Crippen LogP contribution in [0.3, 0.4) is 0 Å². The summed E-state index contributed by atoms with van der Waals surface area (Å²) < 4.78 is 25.8. The van der Waals surface area contributed by atoms with E-state index >= 15 is 0 Å². The lowest BCUT2D eigenvalue weighted by atomic mass is 10.2. The highest BCUT2D eigenvalue weighted by atomic mass is 35.5. The maximum atomic E-state index is 11.8. The normalized spacial score (nSPS) is 11.2. The number of carbonyl (C=O) groups excluding carboxylic acids is 1. The number of hydrogen-bond acceptors (Lipinski definition) is 3. The van der Waals surface area contributed by atoms with E-state index in [1.165, 1.54) is 25.1 Å². The van der Waals surface area contributed by atoms with Crippen LogP contribution >= 0.6 is 11.6 Å². The fraction of sp³-hybridized carbons (Fsp3) is 0.182. The van der Waals surface area contributed by atoms with E-state index in [0.717, 1.165) is 0 Å². The van der Waals surface area contributed by atoms with E-state index in [1.807, 2.05) is 0 Å². The molecule has 17 heavy (non-hydrogen) atoms. The Morgan fingerprint density at radius 3 is 2.65 bits per heavy atom. The first-order chi connectivity index (χ1) is 7.83. The number of carbonyl (C=O) groups is 1. The van der Waals surface area contributed by atoms with Gasteiger partial charge in [0.15, 0.2) is 5.78 Å². The SMILES string of the molecule is C=C(Cl)CNS(=O)(=O)c1cccc(C(C)=O)c1. The van der Waals surface area contributed by atoms with Crippen LogP contribution in [-0.4, -0.2) is 20.7 Å². The Kier molecular flexibility index (Phi) is 4.45. The molecule has 0 aromatic heterocycles. The molecule has 1 aromatic rings. The molecule has 0 unspecified atom stereocenters. The van der Waals surface area contributed by atoms with Gasteiger partial charge in [0.2, 0.25) is 10.0 Å². The molecule has 1 aromatic carbocycles. The smallest absolute Gasteiger partial charge is 0.240 e. The minimum absolute atomic E-state index is 0.0307. The van der Waals surface area contributed by atoms with Gasteiger partial charge in [0, 0.05) is 17.1 Å². The molecule has 0 atom stereocenters. The molecule has 0 bridgehead atoms. The zero-order valence-corrected chi connectivity index (χ0v) is 10.8. The van der Waals surface area contributed by atoms with Crippen LogP contribution < -0.4 is 4.72 Å². The highest BCUT2D eigenvalue weighted by Gasteiger charge is 2.14. The van der Waals surface area contributed by atoms with Crippen LogP contribution in [0.5, 0.6) is 0 Å². The molecule has 0 fully saturated rings. The van der Waals surface area contributed by atoms with E-state index in [1.54, 1.807) is 6.07 Å². The number of hydrogen-bond donors (Lipinski definition) is 1. The number of Topliss-reactive ketones (excluding diaryl/α,β-unsaturated/α-hetero) is 1. The second-order valence-electron chi connectivity index (χ2n) is 3.43. The Bertz CT molecular complexity index is 552. The summed E-state index contributed by atoms with van der Waals surface area (Å²) in [5.74, 6) is -0.191. The van der Waals surface area contributed by atoms with E-state index in [9.17, 15) is 13.2 Å². The van der Waals surface area contributed by atoms with Gasteiger partial charge >= 0.3 is 0 Å². The van der Waals surface area contributed by atoms with Crippen LogP contribution in [0.25, 0.3) is 0 Å². The molecule has 0 radical (unpaired) electrons. The summed E-state index contributed by atoms with van der Waals surface area (Å²) in [5.41, 5.74) is 0.345. The molecule has 0 amide bonds. The van der Waals surface area contributed by atoms with Crippen molar-refractivity contribution in [2.75, 3.05) is 6.54 Å². The average Bonchev–Trinajstić information content (AvgIpc) is 2.27. The standard InChI is InChI=1S/C11H12ClNO3S/c1-8(12)7-13-17(15,16)11-5-3-4-10(6-11)9(2)14/h3-6,13H,1,7H2,2H3. The van der Waals surface area contributed by atoms with Gasteiger partial charge in [-0.15, -0.1) is 0 Å². The van der Waals surface area contributed by atoms with Crippen molar-refractivity contribution >= 4 is 27.4 Å². The van der Waals surface area contributed by atoms with E-state index in [4.69, 9.17) is 11.6 Å². The summed E-state index contributed by atoms with van der Waals surface area (Å²) in [4.78, 5) is 11.2. The summed E-state index contributed by atoms with van der Waals surface area (Å²) in [6.45, 7) is 4.71. The quantitative estimate of drug-likeness (QED) is 0.834. The van der Waals surface area contributed by atoms with Gasteiger partial charge in [-0.25, -0.2) is 13.1 Å². The third-order valence-corrected chi connectivity index (χ3v) is 3.54. The monoisotopic (exact) mass is 273 g/mol. The largest absolute Gasteiger partial charge is 0.295 e. The summed E-state index contributed by atoms with van der Waals surface area (Å²) in [6.07, 6.45) is 0. The molecular weight excluding hydrogens is 262 g/mol. The molecule has 0 aliphatic heterocycles. The summed E-state index contributed by atoms with van der Waals surface area (Å²) >= 11 is 5.48. The third kappa shape index (κ3) is 3.96. The maximum Gasteiger partial charge on any atom is 0.240 e. The lowest BCUT2D eigenvalue weighted by Gasteiger charge is -2.06. The van der Waals surface area contributed by atoms with Gasteiger partial charge in [-0.2, -0.15) is 0 Å². The van der Waals surface area contributed by atoms with Gasteiger partial charge in [0.05, 0.1) is 4.90 Å². The molecule has 6 heteroatoms. The zero-order valence-electron chi connectivity index (χ0n) is 9.23. The molecule has 0 aliphatic carbocycles. The molecule has 1 rings (SSSR count). The number of rotatable bonds is 5. The van der Waals surface area contributed by atoms with Crippen molar-refractivity contribution in [1.82, 2.24) is 4.72 Å². The fourth-order valence-corrected chi connectivity index (χ4v) is 2.36. The number of halogens is 1. The van der Waals surface area contributed by atoms with Gasteiger partial charge in [-0.1, -0.05) is 30.3 Å². The second-order valence-corrected chi connectivity index (χ2v) is 5.73. The van der Waals surface area contributed by atoms with E-state index in [0.29, 0.717) is 5.56 Å². The Balaban J connectivity index is 3.03. The van der Waals surface area contributed by atoms with E-state index in [-0.39, 0.29) is 22.3 Å². The number of nitrogens with one attached hydrogen (secondary N) is 1. The average molecular weight is 274 g/mol. The molecule has 0 saturated heterocycles. The van der Waals surface area contributed by atoms with E-state index < -0.39 is 10.0 Å². The first-order valence-corrected chi connectivity index (χ1v) is 6.63. The number of ketones is 1. The lowest BCUT2D eigenvalue weighted by Crippen LogP contribution is -2.25. The highest BCUT2D eigenvalue weighted by molar-refractivity contribution is 7.89. The molecule has 0 heterocycles. The van der Waals surface area contributed by atoms with Crippen molar-refractivity contribution in [3.63, 3.8) is 0 Å². The molecule has 4 nitrogen and oxygen atoms in total. The lowest BCUT2D eigenvalue weighted by molar-refractivity contribution is 0.101. The zero-order chi connectivity index (χ0) is 13.1.